The van der Waals surface area contributed by atoms with Crippen LogP contribution in [0.4, 0.5) is 10.9 Å². The second-order valence-electron chi connectivity index (χ2n) is 5.94. The van der Waals surface area contributed by atoms with Crippen molar-refractivity contribution in [2.45, 2.75) is 19.4 Å². The van der Waals surface area contributed by atoms with Crippen LogP contribution < -0.4 is 5.32 Å². The van der Waals surface area contributed by atoms with Crippen LogP contribution >= 0.6 is 11.3 Å². The van der Waals surface area contributed by atoms with E-state index in [4.69, 9.17) is 0 Å². The number of fused-ring (bicyclic) bond motifs is 1. The Morgan fingerprint density at radius 3 is 2.92 bits per heavy atom. The molecule has 0 radical (unpaired) electrons. The highest BCUT2D eigenvalue weighted by molar-refractivity contribution is 7.22. The molecule has 0 aromatic carbocycles. The van der Waals surface area contributed by atoms with Gasteiger partial charge in [0.25, 0.3) is 0 Å². The number of hydrogen-bond donors (Lipinski definition) is 1. The number of likely N-dealkylation sites (tertiary alicyclic amines) is 1. The summed E-state index contributed by atoms with van der Waals surface area (Å²) in [6.07, 6.45) is 6.20. The van der Waals surface area contributed by atoms with Crippen molar-refractivity contribution in [3.63, 3.8) is 0 Å². The third kappa shape index (κ3) is 3.29. The Kier molecular flexibility index (Phi) is 4.23. The van der Waals surface area contributed by atoms with Crippen molar-refractivity contribution in [1.82, 2.24) is 19.9 Å². The van der Waals surface area contributed by atoms with E-state index in [0.717, 1.165) is 33.5 Å². The summed E-state index contributed by atoms with van der Waals surface area (Å²) in [5.41, 5.74) is 2.86. The van der Waals surface area contributed by atoms with E-state index in [-0.39, 0.29) is 0 Å². The lowest BCUT2D eigenvalue weighted by Gasteiger charge is -2.14. The highest BCUT2D eigenvalue weighted by Gasteiger charge is 2.12. The molecule has 1 saturated heterocycles. The number of anilines is 2. The molecule has 122 valence electrons. The molecule has 0 atom stereocenters. The molecular formula is C18H19N5S. The number of nitrogens with one attached hydrogen (secondary N) is 1. The van der Waals surface area contributed by atoms with Gasteiger partial charge in [0.05, 0.1) is 10.4 Å². The van der Waals surface area contributed by atoms with Crippen LogP contribution in [0.2, 0.25) is 0 Å². The minimum Gasteiger partial charge on any atom is -0.316 e. The molecule has 4 heterocycles. The van der Waals surface area contributed by atoms with Crippen molar-refractivity contribution < 1.29 is 0 Å². The molecule has 1 aliphatic heterocycles. The second-order valence-corrected chi connectivity index (χ2v) is 6.97. The molecule has 0 bridgehead atoms. The van der Waals surface area contributed by atoms with Crippen molar-refractivity contribution in [3.05, 3.63) is 48.3 Å². The van der Waals surface area contributed by atoms with E-state index in [1.54, 1.807) is 17.4 Å². The van der Waals surface area contributed by atoms with Crippen LogP contribution in [0.15, 0.2) is 37.0 Å². The standard InChI is InChI=1S/C18H19N5S/c1-2-14-5-6-15-17(20-14)22-18(24-15)21-16-11-13(7-8-19-16)12-23-9-3-4-10-23/h2,5-8,11H,1,3-4,9-10,12H2,(H,19,20,21,22). The molecule has 3 aromatic heterocycles. The van der Waals surface area contributed by atoms with Gasteiger partial charge in [-0.05, 0) is 61.8 Å². The third-order valence-electron chi connectivity index (χ3n) is 4.15. The lowest BCUT2D eigenvalue weighted by atomic mass is 10.2. The summed E-state index contributed by atoms with van der Waals surface area (Å²) in [6, 6.07) is 8.17. The molecule has 1 aliphatic rings. The first-order chi connectivity index (χ1) is 11.8. The molecule has 1 fully saturated rings. The van der Waals surface area contributed by atoms with Crippen LogP contribution in [0.1, 0.15) is 24.1 Å². The van der Waals surface area contributed by atoms with Crippen LogP contribution in [0.25, 0.3) is 16.4 Å². The van der Waals surface area contributed by atoms with Gasteiger partial charge in [-0.3, -0.25) is 4.90 Å². The summed E-state index contributed by atoms with van der Waals surface area (Å²) in [5.74, 6) is 0.828. The first-order valence-electron chi connectivity index (χ1n) is 8.14. The monoisotopic (exact) mass is 337 g/mol. The average molecular weight is 337 g/mol. The van der Waals surface area contributed by atoms with E-state index in [1.807, 2.05) is 18.3 Å². The fourth-order valence-electron chi connectivity index (χ4n) is 2.95. The number of pyridine rings is 2. The largest absolute Gasteiger partial charge is 0.316 e. The zero-order valence-electron chi connectivity index (χ0n) is 13.4. The van der Waals surface area contributed by atoms with Crippen LogP contribution in [-0.4, -0.2) is 32.9 Å². The molecule has 6 heteroatoms. The Morgan fingerprint density at radius 1 is 1.21 bits per heavy atom. The van der Waals surface area contributed by atoms with Gasteiger partial charge in [0.2, 0.25) is 0 Å². The Balaban J connectivity index is 1.53. The Morgan fingerprint density at radius 2 is 2.08 bits per heavy atom. The molecular weight excluding hydrogens is 318 g/mol. The molecule has 0 unspecified atom stereocenters. The Hall–Kier alpha value is -2.31. The van der Waals surface area contributed by atoms with Crippen LogP contribution in [0.5, 0.6) is 0 Å². The van der Waals surface area contributed by atoms with Crippen molar-refractivity contribution >= 4 is 38.7 Å². The van der Waals surface area contributed by atoms with Crippen LogP contribution in [-0.2, 0) is 6.54 Å². The first-order valence-corrected chi connectivity index (χ1v) is 8.96. The van der Waals surface area contributed by atoms with Crippen molar-refractivity contribution in [1.29, 1.82) is 0 Å². The molecule has 0 amide bonds. The van der Waals surface area contributed by atoms with Gasteiger partial charge in [0.15, 0.2) is 10.8 Å². The van der Waals surface area contributed by atoms with Gasteiger partial charge in [0, 0.05) is 12.7 Å². The molecule has 1 N–H and O–H groups in total. The number of thiazole rings is 1. The van der Waals surface area contributed by atoms with Gasteiger partial charge < -0.3 is 5.32 Å². The fourth-order valence-corrected chi connectivity index (χ4v) is 3.76. The number of hydrogen-bond acceptors (Lipinski definition) is 6. The van der Waals surface area contributed by atoms with Gasteiger partial charge >= 0.3 is 0 Å². The molecule has 3 aromatic rings. The van der Waals surface area contributed by atoms with Gasteiger partial charge in [-0.25, -0.2) is 9.97 Å². The van der Waals surface area contributed by atoms with E-state index in [2.05, 4.69) is 43.9 Å². The smallest absolute Gasteiger partial charge is 0.191 e. The van der Waals surface area contributed by atoms with E-state index < -0.39 is 0 Å². The molecule has 0 saturated carbocycles. The highest BCUT2D eigenvalue weighted by Crippen LogP contribution is 2.27. The van der Waals surface area contributed by atoms with E-state index in [1.165, 1.54) is 31.5 Å². The summed E-state index contributed by atoms with van der Waals surface area (Å²) in [4.78, 5) is 15.9. The predicted molar refractivity (Wildman–Crippen MR) is 99.5 cm³/mol. The summed E-state index contributed by atoms with van der Waals surface area (Å²) in [6.45, 7) is 7.12. The average Bonchev–Trinajstić information content (AvgIpc) is 3.23. The maximum atomic E-state index is 4.55. The van der Waals surface area contributed by atoms with Crippen molar-refractivity contribution in [2.24, 2.45) is 0 Å². The summed E-state index contributed by atoms with van der Waals surface area (Å²) in [5, 5.41) is 4.12. The molecule has 5 nitrogen and oxygen atoms in total. The summed E-state index contributed by atoms with van der Waals surface area (Å²) >= 11 is 1.58. The number of nitrogens with zero attached hydrogens (tertiary/aromatic N) is 4. The Labute approximate surface area is 145 Å². The van der Waals surface area contributed by atoms with Gasteiger partial charge in [0.1, 0.15) is 5.82 Å². The van der Waals surface area contributed by atoms with Crippen LogP contribution in [0, 0.1) is 0 Å². The SMILES string of the molecule is C=Cc1ccc2sc(Nc3cc(CN4CCCC4)ccn3)nc2n1. The zero-order valence-corrected chi connectivity index (χ0v) is 14.2. The second kappa shape index (κ2) is 6.67. The quantitative estimate of drug-likeness (QED) is 0.760. The number of aromatic nitrogens is 3. The minimum absolute atomic E-state index is 0.744. The van der Waals surface area contributed by atoms with Crippen molar-refractivity contribution in [3.8, 4) is 0 Å². The Bertz CT molecular complexity index is 867. The zero-order chi connectivity index (χ0) is 16.4. The minimum atomic E-state index is 0.744. The lowest BCUT2D eigenvalue weighted by Crippen LogP contribution is -2.18. The topological polar surface area (TPSA) is 53.9 Å². The fraction of sp³-hybridized carbons (Fsp3) is 0.278. The predicted octanol–water partition coefficient (Wildman–Crippen LogP) is 4.07. The normalized spacial score (nSPS) is 15.0. The maximum Gasteiger partial charge on any atom is 0.191 e. The number of rotatable bonds is 5. The lowest BCUT2D eigenvalue weighted by molar-refractivity contribution is 0.331. The highest BCUT2D eigenvalue weighted by atomic mass is 32.1. The maximum absolute atomic E-state index is 4.55. The van der Waals surface area contributed by atoms with Gasteiger partial charge in [-0.1, -0.05) is 17.9 Å². The van der Waals surface area contributed by atoms with Crippen LogP contribution in [0.3, 0.4) is 0 Å². The van der Waals surface area contributed by atoms with E-state index in [0.29, 0.717) is 0 Å². The summed E-state index contributed by atoms with van der Waals surface area (Å²) < 4.78 is 1.05. The van der Waals surface area contributed by atoms with E-state index in [9.17, 15) is 0 Å². The summed E-state index contributed by atoms with van der Waals surface area (Å²) in [7, 11) is 0. The third-order valence-corrected chi connectivity index (χ3v) is 5.07. The van der Waals surface area contributed by atoms with Gasteiger partial charge in [-0.2, -0.15) is 4.98 Å². The van der Waals surface area contributed by atoms with Gasteiger partial charge in [-0.15, -0.1) is 0 Å². The molecule has 24 heavy (non-hydrogen) atoms. The van der Waals surface area contributed by atoms with Crippen molar-refractivity contribution in [2.75, 3.05) is 18.4 Å². The van der Waals surface area contributed by atoms with E-state index >= 15 is 0 Å². The first kappa shape index (κ1) is 15.2. The molecule has 4 rings (SSSR count). The molecule has 0 spiro atoms. The molecule has 0 aliphatic carbocycles.